The van der Waals surface area contributed by atoms with Crippen LogP contribution in [0.2, 0.25) is 0 Å². The van der Waals surface area contributed by atoms with Crippen LogP contribution >= 0.6 is 0 Å². The molecule has 3 rings (SSSR count). The SMILES string of the molecule is COCCON=C1c2ccccc2-c2ncnc(N)c2C1(C)C. The molecule has 0 radical (unpaired) electrons. The molecule has 0 saturated heterocycles. The summed E-state index contributed by atoms with van der Waals surface area (Å²) in [4.78, 5) is 14.1. The number of nitrogens with zero attached hydrogens (tertiary/aromatic N) is 3. The largest absolute Gasteiger partial charge is 0.393 e. The predicted octanol–water partition coefficient (Wildman–Crippen LogP) is 2.38. The van der Waals surface area contributed by atoms with E-state index in [-0.39, 0.29) is 0 Å². The molecule has 2 N–H and O–H groups in total. The molecule has 0 saturated carbocycles. The van der Waals surface area contributed by atoms with Crippen LogP contribution in [0.3, 0.4) is 0 Å². The van der Waals surface area contributed by atoms with Gasteiger partial charge in [-0.1, -0.05) is 29.4 Å². The summed E-state index contributed by atoms with van der Waals surface area (Å²) in [6.07, 6.45) is 1.50. The third-order valence-electron chi connectivity index (χ3n) is 4.07. The molecule has 1 aromatic heterocycles. The fraction of sp³-hybridized carbons (Fsp3) is 0.353. The van der Waals surface area contributed by atoms with Crippen molar-refractivity contribution >= 4 is 11.5 Å². The third kappa shape index (κ3) is 2.55. The molecule has 0 bridgehead atoms. The number of fused-ring (bicyclic) bond motifs is 3. The molecular formula is C17H20N4O2. The summed E-state index contributed by atoms with van der Waals surface area (Å²) in [6, 6.07) is 8.00. The van der Waals surface area contributed by atoms with Crippen molar-refractivity contribution < 1.29 is 9.57 Å². The summed E-state index contributed by atoms with van der Waals surface area (Å²) in [7, 11) is 1.63. The smallest absolute Gasteiger partial charge is 0.140 e. The van der Waals surface area contributed by atoms with Gasteiger partial charge in [0, 0.05) is 29.2 Å². The molecule has 0 unspecified atom stereocenters. The van der Waals surface area contributed by atoms with Crippen LogP contribution in [0.15, 0.2) is 35.7 Å². The first-order chi connectivity index (χ1) is 11.1. The van der Waals surface area contributed by atoms with Crippen LogP contribution in [-0.2, 0) is 15.0 Å². The highest BCUT2D eigenvalue weighted by Crippen LogP contribution is 2.44. The van der Waals surface area contributed by atoms with Gasteiger partial charge in [-0.15, -0.1) is 0 Å². The van der Waals surface area contributed by atoms with Gasteiger partial charge < -0.3 is 15.3 Å². The molecule has 0 fully saturated rings. The van der Waals surface area contributed by atoms with E-state index in [1.165, 1.54) is 6.33 Å². The molecule has 0 spiro atoms. The van der Waals surface area contributed by atoms with E-state index < -0.39 is 5.41 Å². The van der Waals surface area contributed by atoms with Crippen molar-refractivity contribution in [1.82, 2.24) is 9.97 Å². The molecule has 1 aliphatic carbocycles. The fourth-order valence-corrected chi connectivity index (χ4v) is 2.96. The molecule has 2 aromatic rings. The molecule has 1 heterocycles. The Morgan fingerprint density at radius 1 is 1.13 bits per heavy atom. The molecular weight excluding hydrogens is 292 g/mol. The summed E-state index contributed by atoms with van der Waals surface area (Å²) in [5.41, 5.74) is 10.2. The van der Waals surface area contributed by atoms with Gasteiger partial charge in [0.1, 0.15) is 18.8 Å². The number of hydrogen-bond donors (Lipinski definition) is 1. The monoisotopic (exact) mass is 312 g/mol. The van der Waals surface area contributed by atoms with E-state index in [9.17, 15) is 0 Å². The minimum absolute atomic E-state index is 0.395. The molecule has 1 aliphatic rings. The van der Waals surface area contributed by atoms with Gasteiger partial charge in [0.15, 0.2) is 0 Å². The summed E-state index contributed by atoms with van der Waals surface area (Å²) in [6.45, 7) is 4.99. The van der Waals surface area contributed by atoms with Crippen molar-refractivity contribution in [3.8, 4) is 11.3 Å². The maximum absolute atomic E-state index is 6.15. The van der Waals surface area contributed by atoms with Crippen LogP contribution < -0.4 is 5.73 Å². The minimum atomic E-state index is -0.456. The van der Waals surface area contributed by atoms with Crippen LogP contribution in [0, 0.1) is 0 Å². The third-order valence-corrected chi connectivity index (χ3v) is 4.07. The number of nitrogens with two attached hydrogens (primary N) is 1. The van der Waals surface area contributed by atoms with E-state index >= 15 is 0 Å². The molecule has 120 valence electrons. The number of ether oxygens (including phenoxy) is 1. The zero-order valence-electron chi connectivity index (χ0n) is 13.5. The number of aromatic nitrogens is 2. The number of anilines is 1. The van der Waals surface area contributed by atoms with E-state index in [2.05, 4.69) is 29.0 Å². The summed E-state index contributed by atoms with van der Waals surface area (Å²) >= 11 is 0. The van der Waals surface area contributed by atoms with Crippen molar-refractivity contribution in [3.05, 3.63) is 41.7 Å². The Bertz CT molecular complexity index is 756. The summed E-state index contributed by atoms with van der Waals surface area (Å²) in [5.74, 6) is 0.471. The van der Waals surface area contributed by atoms with Gasteiger partial charge in [-0.3, -0.25) is 0 Å². The lowest BCUT2D eigenvalue weighted by atomic mass is 9.70. The normalized spacial score (nSPS) is 16.7. The standard InChI is InChI=1S/C17H20N4O2/c1-17(2)13-14(19-10-20-16(13)18)11-6-4-5-7-12(11)15(17)21-23-9-8-22-3/h4-7,10H,8-9H2,1-3H3,(H2,18,19,20). The van der Waals surface area contributed by atoms with Gasteiger partial charge in [-0.05, 0) is 13.8 Å². The number of rotatable bonds is 4. The van der Waals surface area contributed by atoms with Crippen molar-refractivity contribution in [2.45, 2.75) is 19.3 Å². The van der Waals surface area contributed by atoms with Gasteiger partial charge in [-0.2, -0.15) is 0 Å². The first-order valence-electron chi connectivity index (χ1n) is 7.47. The van der Waals surface area contributed by atoms with Gasteiger partial charge in [0.25, 0.3) is 0 Å². The average Bonchev–Trinajstić information content (AvgIpc) is 2.53. The van der Waals surface area contributed by atoms with E-state index in [1.54, 1.807) is 7.11 Å². The van der Waals surface area contributed by atoms with Gasteiger partial charge in [0.2, 0.25) is 0 Å². The Morgan fingerprint density at radius 3 is 2.61 bits per heavy atom. The van der Waals surface area contributed by atoms with Crippen molar-refractivity contribution in [3.63, 3.8) is 0 Å². The molecule has 0 amide bonds. The lowest BCUT2D eigenvalue weighted by Gasteiger charge is -2.34. The maximum Gasteiger partial charge on any atom is 0.140 e. The number of nitrogen functional groups attached to an aromatic ring is 1. The second-order valence-corrected chi connectivity index (χ2v) is 5.92. The molecule has 6 nitrogen and oxygen atoms in total. The van der Waals surface area contributed by atoms with Gasteiger partial charge in [0.05, 0.1) is 18.0 Å². The average molecular weight is 312 g/mol. The molecule has 1 aromatic carbocycles. The maximum atomic E-state index is 6.15. The van der Waals surface area contributed by atoms with Gasteiger partial charge in [-0.25, -0.2) is 9.97 Å². The highest BCUT2D eigenvalue weighted by atomic mass is 16.6. The second kappa shape index (κ2) is 5.96. The highest BCUT2D eigenvalue weighted by Gasteiger charge is 2.40. The van der Waals surface area contributed by atoms with Crippen LogP contribution in [-0.4, -0.2) is 36.0 Å². The molecule has 23 heavy (non-hydrogen) atoms. The van der Waals surface area contributed by atoms with Crippen molar-refractivity contribution in [2.75, 3.05) is 26.1 Å². The number of oxime groups is 1. The highest BCUT2D eigenvalue weighted by molar-refractivity contribution is 6.15. The Labute approximate surface area is 135 Å². The number of hydrogen-bond acceptors (Lipinski definition) is 6. The van der Waals surface area contributed by atoms with Crippen LogP contribution in [0.1, 0.15) is 25.0 Å². The first-order valence-corrected chi connectivity index (χ1v) is 7.47. The van der Waals surface area contributed by atoms with Gasteiger partial charge >= 0.3 is 0 Å². The zero-order valence-corrected chi connectivity index (χ0v) is 13.5. The molecule has 6 heteroatoms. The molecule has 0 atom stereocenters. The second-order valence-electron chi connectivity index (χ2n) is 5.92. The Hall–Kier alpha value is -2.47. The Kier molecular flexibility index (Phi) is 4.00. The molecule has 0 aliphatic heterocycles. The van der Waals surface area contributed by atoms with Crippen LogP contribution in [0.4, 0.5) is 5.82 Å². The van der Waals surface area contributed by atoms with E-state index in [0.717, 1.165) is 28.1 Å². The Balaban J connectivity index is 2.17. The number of benzene rings is 1. The van der Waals surface area contributed by atoms with Crippen molar-refractivity contribution in [1.29, 1.82) is 0 Å². The van der Waals surface area contributed by atoms with Crippen molar-refractivity contribution in [2.24, 2.45) is 5.16 Å². The fourth-order valence-electron chi connectivity index (χ4n) is 2.96. The predicted molar refractivity (Wildman–Crippen MR) is 89.3 cm³/mol. The van der Waals surface area contributed by atoms with Crippen LogP contribution in [0.5, 0.6) is 0 Å². The van der Waals surface area contributed by atoms with Crippen LogP contribution in [0.25, 0.3) is 11.3 Å². The lowest BCUT2D eigenvalue weighted by Crippen LogP contribution is -2.36. The quantitative estimate of drug-likeness (QED) is 0.692. The topological polar surface area (TPSA) is 82.6 Å². The lowest BCUT2D eigenvalue weighted by molar-refractivity contribution is 0.0743. The van der Waals surface area contributed by atoms with E-state index in [1.807, 2.05) is 24.3 Å². The Morgan fingerprint density at radius 2 is 1.87 bits per heavy atom. The number of methoxy groups -OCH3 is 1. The minimum Gasteiger partial charge on any atom is -0.393 e. The first kappa shape index (κ1) is 15.4. The summed E-state index contributed by atoms with van der Waals surface area (Å²) < 4.78 is 4.99. The van der Waals surface area contributed by atoms with E-state index in [4.69, 9.17) is 15.3 Å². The van der Waals surface area contributed by atoms with E-state index in [0.29, 0.717) is 19.0 Å². The zero-order chi connectivity index (χ0) is 16.4. The summed E-state index contributed by atoms with van der Waals surface area (Å²) in [5, 5.41) is 4.38.